The topological polar surface area (TPSA) is 72.7 Å². The number of methoxy groups -OCH3 is 1. The number of likely N-dealkylation sites (tertiary alicyclic amines) is 1. The number of hydrogen-bond acceptors (Lipinski definition) is 4. The van der Waals surface area contributed by atoms with Gasteiger partial charge in [-0.05, 0) is 41.5 Å². The summed E-state index contributed by atoms with van der Waals surface area (Å²) in [5.41, 5.74) is 2.13. The molecule has 0 N–H and O–H groups in total. The molecular formula is C16H18N2O4. The number of allylic oxidation sites excluding steroid dienone is 1. The first-order valence-electron chi connectivity index (χ1n) is 7.28. The van der Waals surface area contributed by atoms with Gasteiger partial charge >= 0.3 is 5.69 Å². The molecular weight excluding hydrogens is 284 g/mol. The van der Waals surface area contributed by atoms with Crippen LogP contribution < -0.4 is 4.74 Å². The largest absolute Gasteiger partial charge is 0.490 e. The van der Waals surface area contributed by atoms with Gasteiger partial charge in [0.25, 0.3) is 0 Å². The molecule has 0 unspecified atom stereocenters. The van der Waals surface area contributed by atoms with Gasteiger partial charge < -0.3 is 9.64 Å². The molecule has 3 rings (SSSR count). The highest BCUT2D eigenvalue weighted by atomic mass is 16.6. The lowest BCUT2D eigenvalue weighted by Crippen LogP contribution is -2.26. The molecule has 2 aliphatic rings. The summed E-state index contributed by atoms with van der Waals surface area (Å²) in [6.07, 6.45) is 3.10. The van der Waals surface area contributed by atoms with E-state index in [9.17, 15) is 14.9 Å². The Morgan fingerprint density at radius 2 is 2.18 bits per heavy atom. The SMILES string of the molecule is COc1cc(C2=C[C@@H]3CN(C(C)=O)C[C@@H]3C2)ccc1[N+](=O)[O-]. The second-order valence-corrected chi connectivity index (χ2v) is 5.89. The molecule has 6 heteroatoms. The van der Waals surface area contributed by atoms with E-state index in [2.05, 4.69) is 6.08 Å². The number of amides is 1. The molecule has 1 heterocycles. The number of carbonyl (C=O) groups excluding carboxylic acids is 1. The van der Waals surface area contributed by atoms with Crippen molar-refractivity contribution in [1.82, 2.24) is 4.90 Å². The van der Waals surface area contributed by atoms with Crippen LogP contribution in [0.2, 0.25) is 0 Å². The minimum absolute atomic E-state index is 0.0206. The van der Waals surface area contributed by atoms with E-state index >= 15 is 0 Å². The zero-order chi connectivity index (χ0) is 15.9. The molecule has 1 fully saturated rings. The molecule has 1 aromatic carbocycles. The van der Waals surface area contributed by atoms with E-state index in [0.29, 0.717) is 11.8 Å². The van der Waals surface area contributed by atoms with Crippen molar-refractivity contribution in [3.63, 3.8) is 0 Å². The summed E-state index contributed by atoms with van der Waals surface area (Å²) in [5.74, 6) is 1.26. The van der Waals surface area contributed by atoms with Crippen molar-refractivity contribution in [2.45, 2.75) is 13.3 Å². The van der Waals surface area contributed by atoms with E-state index in [4.69, 9.17) is 4.74 Å². The van der Waals surface area contributed by atoms with Crippen molar-refractivity contribution in [2.75, 3.05) is 20.2 Å². The fraction of sp³-hybridized carbons (Fsp3) is 0.438. The second-order valence-electron chi connectivity index (χ2n) is 5.89. The third kappa shape index (κ3) is 2.45. The molecule has 0 radical (unpaired) electrons. The smallest absolute Gasteiger partial charge is 0.310 e. The van der Waals surface area contributed by atoms with Crippen molar-refractivity contribution in [3.8, 4) is 5.75 Å². The quantitative estimate of drug-likeness (QED) is 0.635. The van der Waals surface area contributed by atoms with E-state index in [-0.39, 0.29) is 17.3 Å². The van der Waals surface area contributed by atoms with Gasteiger partial charge in [-0.1, -0.05) is 6.08 Å². The van der Waals surface area contributed by atoms with Gasteiger partial charge in [-0.25, -0.2) is 0 Å². The molecule has 6 nitrogen and oxygen atoms in total. The van der Waals surface area contributed by atoms with Crippen LogP contribution >= 0.6 is 0 Å². The van der Waals surface area contributed by atoms with Gasteiger partial charge in [-0.15, -0.1) is 0 Å². The van der Waals surface area contributed by atoms with Crippen LogP contribution in [0.5, 0.6) is 5.75 Å². The Balaban J connectivity index is 1.83. The number of ether oxygens (including phenoxy) is 1. The number of nitro benzene ring substituents is 1. The Morgan fingerprint density at radius 3 is 2.77 bits per heavy atom. The van der Waals surface area contributed by atoms with Gasteiger partial charge in [0.05, 0.1) is 12.0 Å². The first kappa shape index (κ1) is 14.6. The summed E-state index contributed by atoms with van der Waals surface area (Å²) in [6, 6.07) is 5.00. The average Bonchev–Trinajstić information content (AvgIpc) is 3.04. The van der Waals surface area contributed by atoms with Crippen LogP contribution in [0.25, 0.3) is 5.57 Å². The third-order valence-electron chi connectivity index (χ3n) is 4.58. The number of fused-ring (bicyclic) bond motifs is 1. The molecule has 2 atom stereocenters. The Hall–Kier alpha value is -2.37. The summed E-state index contributed by atoms with van der Waals surface area (Å²) in [5, 5.41) is 10.9. The molecule has 0 bridgehead atoms. The van der Waals surface area contributed by atoms with Crippen LogP contribution in [0.3, 0.4) is 0 Å². The average molecular weight is 302 g/mol. The van der Waals surface area contributed by atoms with E-state index in [0.717, 1.165) is 25.1 Å². The minimum atomic E-state index is -0.439. The van der Waals surface area contributed by atoms with Crippen LogP contribution in [-0.2, 0) is 4.79 Å². The molecule has 1 aliphatic carbocycles. The lowest BCUT2D eigenvalue weighted by Gasteiger charge is -2.14. The first-order valence-corrected chi connectivity index (χ1v) is 7.28. The molecule has 0 spiro atoms. The lowest BCUT2D eigenvalue weighted by atomic mass is 9.98. The predicted octanol–water partition coefficient (Wildman–Crippen LogP) is 2.49. The van der Waals surface area contributed by atoms with E-state index in [1.807, 2.05) is 4.90 Å². The molecule has 1 amide bonds. The zero-order valence-electron chi connectivity index (χ0n) is 12.6. The standard InChI is InChI=1S/C16H18N2O4/c1-10(19)17-8-13-5-12(6-14(13)9-17)11-3-4-15(18(20)21)16(7-11)22-2/h3-5,7,13-14H,6,8-9H2,1-2H3/t13-,14+/m1/s1. The molecule has 1 aliphatic heterocycles. The minimum Gasteiger partial charge on any atom is -0.490 e. The summed E-state index contributed by atoms with van der Waals surface area (Å²) in [4.78, 5) is 23.8. The third-order valence-corrected chi connectivity index (χ3v) is 4.58. The molecule has 116 valence electrons. The van der Waals surface area contributed by atoms with Crippen molar-refractivity contribution in [3.05, 3.63) is 40.0 Å². The maximum Gasteiger partial charge on any atom is 0.310 e. The van der Waals surface area contributed by atoms with Gasteiger partial charge in [0.1, 0.15) is 0 Å². The molecule has 22 heavy (non-hydrogen) atoms. The maximum atomic E-state index is 11.4. The van der Waals surface area contributed by atoms with Gasteiger partial charge in [-0.3, -0.25) is 14.9 Å². The summed E-state index contributed by atoms with van der Waals surface area (Å²) >= 11 is 0. The summed E-state index contributed by atoms with van der Waals surface area (Å²) in [6.45, 7) is 3.17. The van der Waals surface area contributed by atoms with Crippen LogP contribution in [0.15, 0.2) is 24.3 Å². The first-order chi connectivity index (χ1) is 10.5. The van der Waals surface area contributed by atoms with Crippen molar-refractivity contribution in [2.24, 2.45) is 11.8 Å². The van der Waals surface area contributed by atoms with Crippen LogP contribution in [0, 0.1) is 22.0 Å². The van der Waals surface area contributed by atoms with Crippen LogP contribution in [0.4, 0.5) is 5.69 Å². The van der Waals surface area contributed by atoms with Crippen LogP contribution in [-0.4, -0.2) is 35.9 Å². The van der Waals surface area contributed by atoms with Crippen LogP contribution in [0.1, 0.15) is 18.9 Å². The normalized spacial score (nSPS) is 23.2. The summed E-state index contributed by atoms with van der Waals surface area (Å²) in [7, 11) is 1.44. The monoisotopic (exact) mass is 302 g/mol. The number of nitrogens with zero attached hydrogens (tertiary/aromatic N) is 2. The fourth-order valence-electron chi connectivity index (χ4n) is 3.41. The Morgan fingerprint density at radius 1 is 1.41 bits per heavy atom. The van der Waals surface area contributed by atoms with E-state index in [1.165, 1.54) is 18.7 Å². The highest BCUT2D eigenvalue weighted by Gasteiger charge is 2.37. The highest BCUT2D eigenvalue weighted by Crippen LogP contribution is 2.42. The van der Waals surface area contributed by atoms with Gasteiger partial charge in [-0.2, -0.15) is 0 Å². The van der Waals surface area contributed by atoms with Gasteiger partial charge in [0, 0.05) is 26.1 Å². The fourth-order valence-corrected chi connectivity index (χ4v) is 3.41. The van der Waals surface area contributed by atoms with Crippen molar-refractivity contribution >= 4 is 17.2 Å². The Kier molecular flexibility index (Phi) is 3.60. The van der Waals surface area contributed by atoms with Crippen molar-refractivity contribution < 1.29 is 14.5 Å². The number of carbonyl (C=O) groups is 1. The number of nitro groups is 1. The highest BCUT2D eigenvalue weighted by molar-refractivity contribution is 5.75. The molecule has 0 aromatic heterocycles. The maximum absolute atomic E-state index is 11.4. The molecule has 1 saturated heterocycles. The number of rotatable bonds is 3. The van der Waals surface area contributed by atoms with Gasteiger partial charge in [0.15, 0.2) is 5.75 Å². The Bertz CT molecular complexity index is 668. The van der Waals surface area contributed by atoms with Crippen molar-refractivity contribution in [1.29, 1.82) is 0 Å². The lowest BCUT2D eigenvalue weighted by molar-refractivity contribution is -0.385. The predicted molar refractivity (Wildman–Crippen MR) is 81.5 cm³/mol. The zero-order valence-corrected chi connectivity index (χ0v) is 12.6. The second kappa shape index (κ2) is 5.44. The molecule has 1 aromatic rings. The van der Waals surface area contributed by atoms with E-state index in [1.54, 1.807) is 19.1 Å². The Labute approximate surface area is 128 Å². The number of hydrogen-bond donors (Lipinski definition) is 0. The van der Waals surface area contributed by atoms with Gasteiger partial charge in [0.2, 0.25) is 5.91 Å². The number of benzene rings is 1. The van der Waals surface area contributed by atoms with E-state index < -0.39 is 4.92 Å². The molecule has 0 saturated carbocycles. The summed E-state index contributed by atoms with van der Waals surface area (Å²) < 4.78 is 5.13.